The summed E-state index contributed by atoms with van der Waals surface area (Å²) >= 11 is 0. The van der Waals surface area contributed by atoms with Crippen LogP contribution in [-0.2, 0) is 0 Å². The van der Waals surface area contributed by atoms with Crippen LogP contribution in [0.4, 0.5) is 5.69 Å². The number of nitrogens with one attached hydrogen (secondary N) is 1. The van der Waals surface area contributed by atoms with Crippen LogP contribution in [0, 0.1) is 11.8 Å². The second-order valence-corrected chi connectivity index (χ2v) is 13.2. The van der Waals surface area contributed by atoms with Crippen LogP contribution < -0.4 is 10.2 Å². The maximum Gasteiger partial charge on any atom is 0.118 e. The number of hydrogen-bond donors (Lipinski definition) is 1. The maximum atomic E-state index is 4.59. The van der Waals surface area contributed by atoms with Gasteiger partial charge in [0.1, 0.15) is 5.82 Å². The molecule has 0 amide bonds. The minimum absolute atomic E-state index is 0.716. The summed E-state index contributed by atoms with van der Waals surface area (Å²) in [7, 11) is 0. The molecule has 1 aromatic carbocycles. The molecule has 0 spiro atoms. The van der Waals surface area contributed by atoms with Crippen LogP contribution in [0.25, 0.3) is 11.1 Å². The third-order valence-electron chi connectivity index (χ3n) is 8.59. The summed E-state index contributed by atoms with van der Waals surface area (Å²) in [6, 6.07) is 6.79. The zero-order valence-corrected chi connectivity index (χ0v) is 31.6. The van der Waals surface area contributed by atoms with Gasteiger partial charge in [0, 0.05) is 31.5 Å². The first-order valence-electron chi connectivity index (χ1n) is 18.4. The van der Waals surface area contributed by atoms with Crippen molar-refractivity contribution in [2.24, 2.45) is 16.8 Å². The molecule has 1 N–H and O–H groups in total. The second-order valence-electron chi connectivity index (χ2n) is 13.2. The highest BCUT2D eigenvalue weighted by atomic mass is 15.1. The van der Waals surface area contributed by atoms with Crippen LogP contribution in [0.5, 0.6) is 0 Å². The van der Waals surface area contributed by atoms with Gasteiger partial charge in [-0.1, -0.05) is 123 Å². The molecule has 3 rings (SSSR count). The van der Waals surface area contributed by atoms with E-state index in [2.05, 4.69) is 109 Å². The Morgan fingerprint density at radius 1 is 0.844 bits per heavy atom. The molecule has 45 heavy (non-hydrogen) atoms. The van der Waals surface area contributed by atoms with Gasteiger partial charge < -0.3 is 10.2 Å². The van der Waals surface area contributed by atoms with Crippen molar-refractivity contribution in [3.05, 3.63) is 66.0 Å². The Labute approximate surface area is 281 Å². The molecule has 256 valence electrons. The van der Waals surface area contributed by atoms with E-state index >= 15 is 0 Å². The van der Waals surface area contributed by atoms with Gasteiger partial charge in [-0.05, 0) is 106 Å². The summed E-state index contributed by atoms with van der Waals surface area (Å²) in [5.74, 6) is 2.51. The van der Waals surface area contributed by atoms with E-state index in [0.29, 0.717) is 5.82 Å². The summed E-state index contributed by atoms with van der Waals surface area (Å²) in [4.78, 5) is 7.09. The molecule has 0 atom stereocenters. The highest BCUT2D eigenvalue weighted by Crippen LogP contribution is 2.32. The smallest absolute Gasteiger partial charge is 0.118 e. The molecule has 0 unspecified atom stereocenters. The fourth-order valence-electron chi connectivity index (χ4n) is 5.32. The number of piperidine rings is 1. The van der Waals surface area contributed by atoms with Crippen LogP contribution >= 0.6 is 0 Å². The normalized spacial score (nSPS) is 15.2. The van der Waals surface area contributed by atoms with Crippen molar-refractivity contribution in [2.45, 2.75) is 146 Å². The van der Waals surface area contributed by atoms with E-state index < -0.39 is 0 Å². The minimum Gasteiger partial charge on any atom is -0.371 e. The predicted molar refractivity (Wildman–Crippen MR) is 209 cm³/mol. The van der Waals surface area contributed by atoms with Gasteiger partial charge in [0.2, 0.25) is 0 Å². The maximum absolute atomic E-state index is 4.59. The lowest BCUT2D eigenvalue weighted by Gasteiger charge is -2.32. The van der Waals surface area contributed by atoms with Crippen LogP contribution in [0.2, 0.25) is 0 Å². The third-order valence-corrected chi connectivity index (χ3v) is 8.59. The summed E-state index contributed by atoms with van der Waals surface area (Å²) in [5.41, 5.74) is 8.61. The molecule has 1 aliphatic heterocycles. The lowest BCUT2D eigenvalue weighted by molar-refractivity contribution is 0.438. The van der Waals surface area contributed by atoms with Crippen molar-refractivity contribution in [2.75, 3.05) is 24.5 Å². The molecular formula is C42H73N3. The molecule has 0 aromatic heterocycles. The van der Waals surface area contributed by atoms with E-state index in [-0.39, 0.29) is 0 Å². The number of anilines is 1. The first-order chi connectivity index (χ1) is 21.5. The second kappa shape index (κ2) is 25.6. The quantitative estimate of drug-likeness (QED) is 0.143. The van der Waals surface area contributed by atoms with Crippen LogP contribution in [0.3, 0.4) is 0 Å². The highest BCUT2D eigenvalue weighted by Gasteiger charge is 2.18. The lowest BCUT2D eigenvalue weighted by atomic mass is 9.88. The van der Waals surface area contributed by atoms with Crippen LogP contribution in [0.15, 0.2) is 59.9 Å². The molecule has 3 heteroatoms. The SMILES string of the molecule is C=C(/N=C\C(=C(C)C)c1ccc(N2CCC(C)CC2)cc1C(=C)C)NCCCC.C=C1CCC(C)CC1.CC.CCCCCC. The summed E-state index contributed by atoms with van der Waals surface area (Å²) in [5, 5.41) is 3.28. The van der Waals surface area contributed by atoms with Gasteiger partial charge in [0.05, 0.1) is 0 Å². The molecule has 1 saturated carbocycles. The van der Waals surface area contributed by atoms with Gasteiger partial charge in [0.25, 0.3) is 0 Å². The van der Waals surface area contributed by atoms with Crippen molar-refractivity contribution in [1.82, 2.24) is 5.32 Å². The Hall–Kier alpha value is -2.55. The molecule has 0 bridgehead atoms. The Morgan fingerprint density at radius 3 is 1.84 bits per heavy atom. The van der Waals surface area contributed by atoms with Crippen LogP contribution in [0.1, 0.15) is 157 Å². The van der Waals surface area contributed by atoms with E-state index in [0.717, 1.165) is 55.5 Å². The molecule has 1 aromatic rings. The number of rotatable bonds is 12. The van der Waals surface area contributed by atoms with Crippen LogP contribution in [-0.4, -0.2) is 25.8 Å². The van der Waals surface area contributed by atoms with Gasteiger partial charge >= 0.3 is 0 Å². The van der Waals surface area contributed by atoms with Crippen molar-refractivity contribution < 1.29 is 0 Å². The number of benzene rings is 1. The first kappa shape index (κ1) is 42.5. The topological polar surface area (TPSA) is 27.6 Å². The third kappa shape index (κ3) is 18.3. The van der Waals surface area contributed by atoms with Gasteiger partial charge in [-0.3, -0.25) is 0 Å². The highest BCUT2D eigenvalue weighted by molar-refractivity contribution is 6.12. The largest absolute Gasteiger partial charge is 0.371 e. The molecule has 1 heterocycles. The average molecular weight is 620 g/mol. The monoisotopic (exact) mass is 620 g/mol. The molecular weight excluding hydrogens is 546 g/mol. The van der Waals surface area contributed by atoms with Gasteiger partial charge in [-0.25, -0.2) is 4.99 Å². The Balaban J connectivity index is 0.000000987. The predicted octanol–water partition coefficient (Wildman–Crippen LogP) is 13.0. The molecule has 2 aliphatic rings. The van der Waals surface area contributed by atoms with E-state index in [1.54, 1.807) is 0 Å². The fraction of sp³-hybridized carbons (Fsp3) is 0.643. The first-order valence-corrected chi connectivity index (χ1v) is 18.4. The Kier molecular flexibility index (Phi) is 24.2. The summed E-state index contributed by atoms with van der Waals surface area (Å²) in [6.45, 7) is 37.1. The number of unbranched alkanes of at least 4 members (excludes halogenated alkanes) is 4. The van der Waals surface area contributed by atoms with Crippen molar-refractivity contribution in [3.8, 4) is 0 Å². The standard InChI is InChI=1S/C26H39N3.C8H14.C6H14.C2H6/c1-8-9-14-27-22(7)28-18-26(20(4)5)24-11-10-23(17-25(24)19(2)3)29-15-12-21(6)13-16-29;1-7-3-5-8(2)6-4-7;1-3-5-6-4-2;1-2/h10-11,17-18,21,27H,2,7-9,12-16H2,1,3-6H3;8H,1,3-6H2,2H3;3-6H2,1-2H3;1-2H3/b28-18-;;;. The van der Waals surface area contributed by atoms with Gasteiger partial charge in [-0.2, -0.15) is 0 Å². The van der Waals surface area contributed by atoms with E-state index in [4.69, 9.17) is 0 Å². The zero-order chi connectivity index (χ0) is 34.2. The molecule has 0 radical (unpaired) electrons. The van der Waals surface area contributed by atoms with Crippen molar-refractivity contribution >= 4 is 23.0 Å². The summed E-state index contributed by atoms with van der Waals surface area (Å²) < 4.78 is 0. The minimum atomic E-state index is 0.716. The zero-order valence-electron chi connectivity index (χ0n) is 31.6. The molecule has 2 fully saturated rings. The van der Waals surface area contributed by atoms with E-state index in [1.807, 2.05) is 20.1 Å². The van der Waals surface area contributed by atoms with E-state index in [1.165, 1.54) is 92.2 Å². The Bertz CT molecular complexity index is 1020. The number of aliphatic imine (C=N–C) groups is 1. The number of hydrogen-bond acceptors (Lipinski definition) is 3. The van der Waals surface area contributed by atoms with Crippen molar-refractivity contribution in [3.63, 3.8) is 0 Å². The lowest BCUT2D eigenvalue weighted by Crippen LogP contribution is -2.32. The van der Waals surface area contributed by atoms with Crippen molar-refractivity contribution in [1.29, 1.82) is 0 Å². The van der Waals surface area contributed by atoms with Gasteiger partial charge in [-0.15, -0.1) is 0 Å². The van der Waals surface area contributed by atoms with Gasteiger partial charge in [0.15, 0.2) is 0 Å². The van der Waals surface area contributed by atoms with E-state index in [9.17, 15) is 0 Å². The summed E-state index contributed by atoms with van der Waals surface area (Å²) in [6.07, 6.45) is 17.6. The number of nitrogens with zero attached hydrogens (tertiary/aromatic N) is 2. The molecule has 1 aliphatic carbocycles. The Morgan fingerprint density at radius 2 is 1.38 bits per heavy atom. The molecule has 1 saturated heterocycles. The fourth-order valence-corrected chi connectivity index (χ4v) is 5.32. The average Bonchev–Trinajstić information content (AvgIpc) is 3.03. The number of allylic oxidation sites excluding steroid dienone is 4. The molecule has 3 nitrogen and oxygen atoms in total.